The molecule has 1 aliphatic rings. The Hall–Kier alpha value is -0.290. The molecule has 0 amide bonds. The third-order valence-electron chi connectivity index (χ3n) is 3.24. The maximum Gasteiger partial charge on any atom is 0.0701 e. The Labute approximate surface area is 123 Å². The summed E-state index contributed by atoms with van der Waals surface area (Å²) in [5.41, 5.74) is 1.31. The fraction of sp³-hybridized carbons (Fsp3) is 0.286. The molecule has 0 saturated heterocycles. The Morgan fingerprint density at radius 3 is 2.89 bits per heavy atom. The number of hydrogen-bond donors (Lipinski definition) is 1. The molecular formula is C14H13BrOS2. The summed E-state index contributed by atoms with van der Waals surface area (Å²) in [6.07, 6.45) is 0.460. The molecule has 18 heavy (non-hydrogen) atoms. The van der Waals surface area contributed by atoms with Crippen molar-refractivity contribution in [1.82, 2.24) is 0 Å². The maximum absolute atomic E-state index is 10.4. The number of rotatable bonds is 3. The number of aliphatic hydroxyl groups is 1. The molecule has 0 fully saturated rings. The van der Waals surface area contributed by atoms with Crippen LogP contribution in [0, 0.1) is 0 Å². The van der Waals surface area contributed by atoms with Gasteiger partial charge in [-0.1, -0.05) is 18.2 Å². The molecule has 0 bridgehead atoms. The highest BCUT2D eigenvalue weighted by Crippen LogP contribution is 2.42. The SMILES string of the molecule is OC(Cc1ccc(Br)s1)C1CSc2ccccc21. The lowest BCUT2D eigenvalue weighted by Crippen LogP contribution is -2.20. The first-order valence-corrected chi connectivity index (χ1v) is 8.47. The maximum atomic E-state index is 10.4. The Morgan fingerprint density at radius 2 is 2.11 bits per heavy atom. The molecule has 2 heterocycles. The number of fused-ring (bicyclic) bond motifs is 1. The molecule has 1 N–H and O–H groups in total. The molecule has 2 atom stereocenters. The van der Waals surface area contributed by atoms with E-state index in [1.807, 2.05) is 17.8 Å². The number of aliphatic hydroxyl groups excluding tert-OH is 1. The van der Waals surface area contributed by atoms with E-state index in [2.05, 4.69) is 46.3 Å². The van der Waals surface area contributed by atoms with E-state index in [1.54, 1.807) is 11.3 Å². The van der Waals surface area contributed by atoms with Crippen molar-refractivity contribution < 1.29 is 5.11 Å². The van der Waals surface area contributed by atoms with Gasteiger partial charge in [-0.15, -0.1) is 23.1 Å². The van der Waals surface area contributed by atoms with Crippen LogP contribution in [0.5, 0.6) is 0 Å². The largest absolute Gasteiger partial charge is 0.392 e. The minimum Gasteiger partial charge on any atom is -0.392 e. The molecule has 0 saturated carbocycles. The average Bonchev–Trinajstić information content (AvgIpc) is 2.95. The zero-order valence-corrected chi connectivity index (χ0v) is 12.9. The van der Waals surface area contributed by atoms with Gasteiger partial charge in [0.1, 0.15) is 0 Å². The van der Waals surface area contributed by atoms with Crippen molar-refractivity contribution in [1.29, 1.82) is 0 Å². The van der Waals surface area contributed by atoms with Crippen LogP contribution in [0.4, 0.5) is 0 Å². The van der Waals surface area contributed by atoms with Gasteiger partial charge in [-0.05, 0) is 39.7 Å². The lowest BCUT2D eigenvalue weighted by molar-refractivity contribution is 0.152. The Kier molecular flexibility index (Phi) is 3.80. The molecule has 0 spiro atoms. The van der Waals surface area contributed by atoms with Crippen molar-refractivity contribution in [2.24, 2.45) is 0 Å². The first-order chi connectivity index (χ1) is 8.74. The number of benzene rings is 1. The predicted molar refractivity (Wildman–Crippen MR) is 81.6 cm³/mol. The minimum absolute atomic E-state index is 0.270. The second-order valence-electron chi connectivity index (χ2n) is 4.43. The highest BCUT2D eigenvalue weighted by molar-refractivity contribution is 9.11. The molecule has 0 radical (unpaired) electrons. The summed E-state index contributed by atoms with van der Waals surface area (Å²) in [7, 11) is 0. The van der Waals surface area contributed by atoms with Crippen LogP contribution in [0.2, 0.25) is 0 Å². The molecular weight excluding hydrogens is 328 g/mol. The number of halogens is 1. The lowest BCUT2D eigenvalue weighted by Gasteiger charge is -2.17. The van der Waals surface area contributed by atoms with E-state index in [0.29, 0.717) is 0 Å². The van der Waals surface area contributed by atoms with Crippen LogP contribution < -0.4 is 0 Å². The fourth-order valence-electron chi connectivity index (χ4n) is 2.32. The second kappa shape index (κ2) is 5.37. The van der Waals surface area contributed by atoms with Gasteiger partial charge in [0.15, 0.2) is 0 Å². The Bertz CT molecular complexity index is 552. The van der Waals surface area contributed by atoms with Gasteiger partial charge in [0.05, 0.1) is 9.89 Å². The van der Waals surface area contributed by atoms with Gasteiger partial charge in [0.25, 0.3) is 0 Å². The normalized spacial score (nSPS) is 19.8. The molecule has 3 rings (SSSR count). The van der Waals surface area contributed by atoms with Gasteiger partial charge in [-0.2, -0.15) is 0 Å². The Morgan fingerprint density at radius 1 is 1.28 bits per heavy atom. The van der Waals surface area contributed by atoms with Crippen LogP contribution in [-0.2, 0) is 6.42 Å². The van der Waals surface area contributed by atoms with Crippen LogP contribution in [0.15, 0.2) is 45.1 Å². The van der Waals surface area contributed by atoms with Gasteiger partial charge in [-0.25, -0.2) is 0 Å². The van der Waals surface area contributed by atoms with Gasteiger partial charge >= 0.3 is 0 Å². The van der Waals surface area contributed by atoms with Crippen LogP contribution in [-0.4, -0.2) is 17.0 Å². The molecule has 4 heteroatoms. The van der Waals surface area contributed by atoms with Crippen LogP contribution >= 0.6 is 39.0 Å². The molecule has 1 aromatic carbocycles. The van der Waals surface area contributed by atoms with Crippen LogP contribution in [0.25, 0.3) is 0 Å². The topological polar surface area (TPSA) is 20.2 Å². The fourth-order valence-corrected chi connectivity index (χ4v) is 5.17. The third kappa shape index (κ3) is 2.52. The summed E-state index contributed by atoms with van der Waals surface area (Å²) in [4.78, 5) is 2.57. The van der Waals surface area contributed by atoms with E-state index < -0.39 is 0 Å². The van der Waals surface area contributed by atoms with Crippen molar-refractivity contribution in [3.8, 4) is 0 Å². The van der Waals surface area contributed by atoms with Crippen molar-refractivity contribution in [2.75, 3.05) is 5.75 Å². The Balaban J connectivity index is 1.76. The summed E-state index contributed by atoms with van der Waals surface area (Å²) in [6.45, 7) is 0. The number of thioether (sulfide) groups is 1. The average molecular weight is 341 g/mol. The van der Waals surface area contributed by atoms with Crippen molar-refractivity contribution in [2.45, 2.75) is 23.3 Å². The van der Waals surface area contributed by atoms with Crippen molar-refractivity contribution in [3.63, 3.8) is 0 Å². The number of hydrogen-bond acceptors (Lipinski definition) is 3. The standard InChI is InChI=1S/C14H13BrOS2/c15-14-6-5-9(18-14)7-12(16)11-8-17-13-4-2-1-3-10(11)13/h1-6,11-12,16H,7-8H2. The highest BCUT2D eigenvalue weighted by Gasteiger charge is 2.29. The van der Waals surface area contributed by atoms with Gasteiger partial charge < -0.3 is 5.11 Å². The van der Waals surface area contributed by atoms with Crippen LogP contribution in [0.1, 0.15) is 16.4 Å². The minimum atomic E-state index is -0.285. The summed E-state index contributed by atoms with van der Waals surface area (Å²) in [6, 6.07) is 12.6. The molecule has 0 aliphatic carbocycles. The summed E-state index contributed by atoms with van der Waals surface area (Å²) in [5.74, 6) is 1.26. The molecule has 94 valence electrons. The molecule has 1 aliphatic heterocycles. The molecule has 1 aromatic heterocycles. The van der Waals surface area contributed by atoms with Crippen molar-refractivity contribution in [3.05, 3.63) is 50.6 Å². The van der Waals surface area contributed by atoms with E-state index in [0.717, 1.165) is 16.0 Å². The predicted octanol–water partition coefficient (Wildman–Crippen LogP) is 4.30. The summed E-state index contributed by atoms with van der Waals surface area (Å²) >= 11 is 7.02. The zero-order valence-electron chi connectivity index (χ0n) is 9.67. The van der Waals surface area contributed by atoms with E-state index >= 15 is 0 Å². The molecule has 2 aromatic rings. The molecule has 1 nitrogen and oxygen atoms in total. The van der Waals surface area contributed by atoms with Gasteiger partial charge in [0, 0.05) is 27.9 Å². The van der Waals surface area contributed by atoms with E-state index in [-0.39, 0.29) is 12.0 Å². The van der Waals surface area contributed by atoms with E-state index in [1.165, 1.54) is 15.3 Å². The van der Waals surface area contributed by atoms with E-state index in [4.69, 9.17) is 0 Å². The highest BCUT2D eigenvalue weighted by atomic mass is 79.9. The summed E-state index contributed by atoms with van der Waals surface area (Å²) in [5, 5.41) is 10.4. The lowest BCUT2D eigenvalue weighted by atomic mass is 9.93. The van der Waals surface area contributed by atoms with Gasteiger partial charge in [0.2, 0.25) is 0 Å². The third-order valence-corrected chi connectivity index (χ3v) is 6.10. The van der Waals surface area contributed by atoms with Crippen LogP contribution in [0.3, 0.4) is 0 Å². The van der Waals surface area contributed by atoms with Crippen molar-refractivity contribution >= 4 is 39.0 Å². The first-order valence-electron chi connectivity index (χ1n) is 5.88. The first kappa shape index (κ1) is 12.7. The zero-order chi connectivity index (χ0) is 12.5. The summed E-state index contributed by atoms with van der Waals surface area (Å²) < 4.78 is 1.13. The van der Waals surface area contributed by atoms with E-state index in [9.17, 15) is 5.11 Å². The number of thiophene rings is 1. The molecule has 2 unspecified atom stereocenters. The monoisotopic (exact) mass is 340 g/mol. The van der Waals surface area contributed by atoms with Gasteiger partial charge in [-0.3, -0.25) is 0 Å². The second-order valence-corrected chi connectivity index (χ2v) is 8.04. The quantitative estimate of drug-likeness (QED) is 0.898. The smallest absolute Gasteiger partial charge is 0.0701 e.